The van der Waals surface area contributed by atoms with Crippen LogP contribution in [0.2, 0.25) is 0 Å². The first-order chi connectivity index (χ1) is 24.3. The van der Waals surface area contributed by atoms with Crippen molar-refractivity contribution in [3.63, 3.8) is 0 Å². The lowest BCUT2D eigenvalue weighted by atomic mass is 10.0. The van der Waals surface area contributed by atoms with Gasteiger partial charge in [0.25, 0.3) is 0 Å². The number of nitrogens with zero attached hydrogens (tertiary/aromatic N) is 2. The van der Waals surface area contributed by atoms with Crippen LogP contribution in [-0.2, 0) is 13.1 Å². The average molecular weight is 713 g/mol. The van der Waals surface area contributed by atoms with E-state index in [1.807, 2.05) is 23.5 Å². The predicted molar refractivity (Wildman–Crippen MR) is 220 cm³/mol. The van der Waals surface area contributed by atoms with Gasteiger partial charge in [-0.2, -0.15) is 0 Å². The van der Waals surface area contributed by atoms with E-state index in [9.17, 15) is 0 Å². The molecule has 0 atom stereocenters. The Balaban J connectivity index is 1.36. The minimum Gasteiger partial charge on any atom is -0.205 e. The normalized spacial score (nSPS) is 11.5. The topological polar surface area (TPSA) is 7.76 Å². The van der Waals surface area contributed by atoms with Crippen molar-refractivity contribution in [2.45, 2.75) is 223 Å². The van der Waals surface area contributed by atoms with Gasteiger partial charge in [0.1, 0.15) is 13.1 Å². The highest BCUT2D eigenvalue weighted by Gasteiger charge is 2.05. The van der Waals surface area contributed by atoms with Crippen LogP contribution in [-0.4, -0.2) is 11.5 Å². The highest BCUT2D eigenvalue weighted by molar-refractivity contribution is 8.00. The van der Waals surface area contributed by atoms with Gasteiger partial charge in [-0.3, -0.25) is 0 Å². The maximum Gasteiger partial charge on any atom is 0.169 e. The van der Waals surface area contributed by atoms with Crippen LogP contribution in [0.3, 0.4) is 0 Å². The van der Waals surface area contributed by atoms with Gasteiger partial charge in [0, 0.05) is 46.9 Å². The first-order valence-corrected chi connectivity index (χ1v) is 23.5. The molecule has 0 saturated heterocycles. The maximum absolute atomic E-state index is 2.38. The van der Waals surface area contributed by atoms with E-state index in [2.05, 4.69) is 72.0 Å². The number of hydrogen-bond donors (Lipinski definition) is 0. The van der Waals surface area contributed by atoms with Crippen LogP contribution in [0.25, 0.3) is 0 Å². The molecule has 4 heteroatoms. The Labute approximate surface area is 314 Å². The molecule has 0 aromatic carbocycles. The molecule has 280 valence electrons. The van der Waals surface area contributed by atoms with Crippen LogP contribution in [0.5, 0.6) is 0 Å². The van der Waals surface area contributed by atoms with E-state index < -0.39 is 0 Å². The van der Waals surface area contributed by atoms with Crippen LogP contribution in [0.4, 0.5) is 0 Å². The lowest BCUT2D eigenvalue weighted by molar-refractivity contribution is -0.697. The smallest absolute Gasteiger partial charge is 0.169 e. The molecule has 0 fully saturated rings. The lowest BCUT2D eigenvalue weighted by Crippen LogP contribution is -2.32. The van der Waals surface area contributed by atoms with Crippen molar-refractivity contribution in [2.24, 2.45) is 0 Å². The second-order valence-corrected chi connectivity index (χ2v) is 17.1. The molecule has 0 aliphatic rings. The monoisotopic (exact) mass is 713 g/mol. The Hall–Kier alpha value is -1.00. The Kier molecular flexibility index (Phi) is 30.7. The zero-order valence-corrected chi connectivity index (χ0v) is 34.3. The fourth-order valence-electron chi connectivity index (χ4n) is 6.79. The van der Waals surface area contributed by atoms with Gasteiger partial charge in [0.05, 0.1) is 0 Å². The highest BCUT2D eigenvalue weighted by Crippen LogP contribution is 2.22. The van der Waals surface area contributed by atoms with Gasteiger partial charge < -0.3 is 0 Å². The summed E-state index contributed by atoms with van der Waals surface area (Å²) in [5.74, 6) is 2.39. The molecule has 0 N–H and O–H groups in total. The highest BCUT2D eigenvalue weighted by atomic mass is 32.2. The van der Waals surface area contributed by atoms with Crippen LogP contribution in [0.1, 0.15) is 200 Å². The number of aromatic nitrogens is 2. The minimum absolute atomic E-state index is 1.16. The Morgan fingerprint density at radius 3 is 0.837 bits per heavy atom. The SMILES string of the molecule is CCCCCCCCCCCCCCCC[n+]1ccc(SCCCSc2cc[n+](CCCCCCCCCCCCCCCC)cc2)cc1. The lowest BCUT2D eigenvalue weighted by Gasteiger charge is -2.04. The van der Waals surface area contributed by atoms with Gasteiger partial charge in [0.2, 0.25) is 0 Å². The maximum atomic E-state index is 2.38. The standard InChI is InChI=1S/C45H80N2S2/c1-3-5-7-9-11-13-15-17-19-21-23-25-27-29-36-46-38-32-44(33-39-46)48-42-31-43-49-45-34-40-47(41-35-45)37-30-28-26-24-22-20-18-16-14-12-10-8-6-4-2/h32-35,38-41H,3-31,36-37,42-43H2,1-2H3/q+2. The molecule has 0 saturated carbocycles. The zero-order chi connectivity index (χ0) is 34.7. The third-order valence-corrected chi connectivity index (χ3v) is 12.3. The summed E-state index contributed by atoms with van der Waals surface area (Å²) < 4.78 is 4.75. The van der Waals surface area contributed by atoms with E-state index >= 15 is 0 Å². The average Bonchev–Trinajstić information content (AvgIpc) is 3.13. The molecule has 0 aliphatic heterocycles. The summed E-state index contributed by atoms with van der Waals surface area (Å²) >= 11 is 4.01. The summed E-state index contributed by atoms with van der Waals surface area (Å²) in [6.45, 7) is 6.93. The second kappa shape index (κ2) is 34.1. The summed E-state index contributed by atoms with van der Waals surface area (Å²) in [7, 11) is 0. The van der Waals surface area contributed by atoms with Crippen molar-refractivity contribution >= 4 is 23.5 Å². The van der Waals surface area contributed by atoms with Gasteiger partial charge in [-0.05, 0) is 30.8 Å². The fraction of sp³-hybridized carbons (Fsp3) is 0.778. The Morgan fingerprint density at radius 2 is 0.571 bits per heavy atom. The molecule has 0 spiro atoms. The number of unbranched alkanes of at least 4 members (excludes halogenated alkanes) is 26. The number of rotatable bonds is 36. The molecule has 49 heavy (non-hydrogen) atoms. The summed E-state index contributed by atoms with van der Waals surface area (Å²) in [6.07, 6.45) is 50.3. The molecule has 0 amide bonds. The van der Waals surface area contributed by atoms with Gasteiger partial charge in [-0.15, -0.1) is 23.5 Å². The van der Waals surface area contributed by atoms with Crippen molar-refractivity contribution in [2.75, 3.05) is 11.5 Å². The van der Waals surface area contributed by atoms with Crippen molar-refractivity contribution < 1.29 is 9.13 Å². The molecule has 0 bridgehead atoms. The van der Waals surface area contributed by atoms with E-state index in [1.54, 1.807) is 0 Å². The molecule has 0 unspecified atom stereocenters. The van der Waals surface area contributed by atoms with E-state index in [0.717, 1.165) is 13.1 Å². The van der Waals surface area contributed by atoms with Crippen LogP contribution in [0, 0.1) is 0 Å². The second-order valence-electron chi connectivity index (χ2n) is 14.8. The third-order valence-electron chi connectivity index (χ3n) is 10.1. The van der Waals surface area contributed by atoms with E-state index in [-0.39, 0.29) is 0 Å². The van der Waals surface area contributed by atoms with E-state index in [1.165, 1.54) is 208 Å². The minimum atomic E-state index is 1.16. The molecule has 2 nitrogen and oxygen atoms in total. The zero-order valence-electron chi connectivity index (χ0n) is 32.7. The van der Waals surface area contributed by atoms with Crippen LogP contribution >= 0.6 is 23.5 Å². The van der Waals surface area contributed by atoms with Gasteiger partial charge in [-0.25, -0.2) is 9.13 Å². The summed E-state index contributed by atoms with van der Waals surface area (Å²) in [6, 6.07) is 9.26. The van der Waals surface area contributed by atoms with Gasteiger partial charge in [-0.1, -0.05) is 168 Å². The van der Waals surface area contributed by atoms with Crippen molar-refractivity contribution in [1.82, 2.24) is 0 Å². The first kappa shape index (κ1) is 44.2. The molecule has 2 heterocycles. The van der Waals surface area contributed by atoms with Crippen molar-refractivity contribution in [3.05, 3.63) is 49.1 Å². The molecule has 0 radical (unpaired) electrons. The van der Waals surface area contributed by atoms with Gasteiger partial charge in [0.15, 0.2) is 24.8 Å². The Bertz CT molecular complexity index is 868. The number of hydrogen-bond acceptors (Lipinski definition) is 2. The quantitative estimate of drug-likeness (QED) is 0.0395. The molecule has 2 rings (SSSR count). The number of aryl methyl sites for hydroxylation is 2. The predicted octanol–water partition coefficient (Wildman–Crippen LogP) is 14.5. The van der Waals surface area contributed by atoms with Crippen molar-refractivity contribution in [3.8, 4) is 0 Å². The molecular weight excluding hydrogens is 633 g/mol. The number of thioether (sulfide) groups is 2. The molecule has 2 aromatic rings. The largest absolute Gasteiger partial charge is 0.205 e. The first-order valence-electron chi connectivity index (χ1n) is 21.6. The van der Waals surface area contributed by atoms with Crippen LogP contribution in [0.15, 0.2) is 58.8 Å². The van der Waals surface area contributed by atoms with E-state index in [4.69, 9.17) is 0 Å². The third kappa shape index (κ3) is 27.3. The molecule has 2 aromatic heterocycles. The Morgan fingerprint density at radius 1 is 0.327 bits per heavy atom. The van der Waals surface area contributed by atoms with E-state index in [0.29, 0.717) is 0 Å². The van der Waals surface area contributed by atoms with Crippen molar-refractivity contribution in [1.29, 1.82) is 0 Å². The summed E-state index contributed by atoms with van der Waals surface area (Å²) in [5.41, 5.74) is 0. The van der Waals surface area contributed by atoms with Gasteiger partial charge >= 0.3 is 0 Å². The number of pyridine rings is 2. The van der Waals surface area contributed by atoms with Crippen LogP contribution < -0.4 is 9.13 Å². The molecular formula is C45H80N2S2+2. The summed E-state index contributed by atoms with van der Waals surface area (Å²) in [4.78, 5) is 2.82. The summed E-state index contributed by atoms with van der Waals surface area (Å²) in [5, 5.41) is 0. The fourth-order valence-corrected chi connectivity index (χ4v) is 8.65. The molecule has 0 aliphatic carbocycles.